The molecule has 0 unspecified atom stereocenters. The molecule has 1 aliphatic rings. The second kappa shape index (κ2) is 13.3. The summed E-state index contributed by atoms with van der Waals surface area (Å²) in [5.41, 5.74) is 0. The van der Waals surface area contributed by atoms with Crippen LogP contribution in [0.3, 0.4) is 0 Å². The molecule has 0 aromatic rings. The average Bonchev–Trinajstić information content (AvgIpc) is 2.41. The van der Waals surface area contributed by atoms with E-state index in [-0.39, 0.29) is 10.7 Å². The first-order valence-electron chi connectivity index (χ1n) is 6.67. The third-order valence-electron chi connectivity index (χ3n) is 2.44. The Bertz CT molecular complexity index is 212. The highest BCUT2D eigenvalue weighted by Crippen LogP contribution is 1.99. The number of ether oxygens (including phenoxy) is 4. The monoisotopic (exact) mass is 311 g/mol. The first-order chi connectivity index (χ1) is 9.39. The van der Waals surface area contributed by atoms with E-state index in [2.05, 4.69) is 0 Å². The summed E-state index contributed by atoms with van der Waals surface area (Å²) >= 11 is 1.84. The largest absolute Gasteiger partial charge is 0.378 e. The van der Waals surface area contributed by atoms with E-state index in [1.807, 2.05) is 11.8 Å². The molecule has 0 spiro atoms. The predicted molar refractivity (Wildman–Crippen MR) is 80.4 cm³/mol. The van der Waals surface area contributed by atoms with Gasteiger partial charge in [-0.25, -0.2) is 0 Å². The van der Waals surface area contributed by atoms with E-state index in [9.17, 15) is 0 Å². The normalized spacial score (nSPS) is 24.4. The summed E-state index contributed by atoms with van der Waals surface area (Å²) in [6.45, 7) is 5.36. The molecule has 1 rings (SSSR count). The summed E-state index contributed by atoms with van der Waals surface area (Å²) in [5, 5.41) is 0. The van der Waals surface area contributed by atoms with E-state index in [1.165, 1.54) is 0 Å². The minimum Gasteiger partial charge on any atom is -0.378 e. The Morgan fingerprint density at radius 3 is 1.53 bits per heavy atom. The van der Waals surface area contributed by atoms with E-state index in [0.717, 1.165) is 36.2 Å². The van der Waals surface area contributed by atoms with Gasteiger partial charge in [-0.15, -0.1) is 0 Å². The number of rotatable bonds is 0. The first-order valence-corrected chi connectivity index (χ1v) is 9.39. The van der Waals surface area contributed by atoms with E-state index < -0.39 is 0 Å². The van der Waals surface area contributed by atoms with Gasteiger partial charge in [0, 0.05) is 23.0 Å². The van der Waals surface area contributed by atoms with E-state index in [0.29, 0.717) is 39.6 Å². The number of hydrogen-bond donors (Lipinski definition) is 1. The lowest BCUT2D eigenvalue weighted by atomic mass is 10.7. The molecular weight excluding hydrogens is 286 g/mol. The van der Waals surface area contributed by atoms with Crippen LogP contribution in [0.2, 0.25) is 0 Å². The van der Waals surface area contributed by atoms with Crippen molar-refractivity contribution in [2.24, 2.45) is 0 Å². The van der Waals surface area contributed by atoms with Crippen molar-refractivity contribution in [3.63, 3.8) is 0 Å². The zero-order chi connectivity index (χ0) is 13.6. The Morgan fingerprint density at radius 2 is 1.05 bits per heavy atom. The molecule has 0 amide bonds. The maximum absolute atomic E-state index is 7.85. The molecule has 19 heavy (non-hydrogen) atoms. The topological polar surface area (TPSA) is 60.8 Å². The van der Waals surface area contributed by atoms with E-state index in [1.54, 1.807) is 0 Å². The first kappa shape index (κ1) is 17.4. The Hall–Kier alpha value is 0.340. The van der Waals surface area contributed by atoms with Crippen molar-refractivity contribution in [1.29, 1.82) is 4.78 Å². The summed E-state index contributed by atoms with van der Waals surface area (Å²) in [4.78, 5) is 0. The maximum Gasteiger partial charge on any atom is 0.0700 e. The van der Waals surface area contributed by atoms with E-state index in [4.69, 9.17) is 23.7 Å². The minimum atomic E-state index is -0.360. The van der Waals surface area contributed by atoms with Gasteiger partial charge in [-0.2, -0.15) is 11.8 Å². The molecule has 1 saturated heterocycles. The lowest BCUT2D eigenvalue weighted by Crippen LogP contribution is -2.16. The molecule has 1 heterocycles. The van der Waals surface area contributed by atoms with Crippen molar-refractivity contribution in [2.75, 3.05) is 75.9 Å². The molecule has 0 bridgehead atoms. The van der Waals surface area contributed by atoms with Crippen LogP contribution in [0.4, 0.5) is 0 Å². The third-order valence-corrected chi connectivity index (χ3v) is 4.67. The van der Waals surface area contributed by atoms with Gasteiger partial charge in [-0.1, -0.05) is 10.7 Å². The van der Waals surface area contributed by atoms with Crippen LogP contribution in [-0.2, 0) is 29.6 Å². The number of thioether (sulfide) groups is 1. The molecule has 1 aliphatic heterocycles. The maximum atomic E-state index is 7.85. The Kier molecular flexibility index (Phi) is 12.2. The van der Waals surface area contributed by atoms with Crippen LogP contribution >= 0.6 is 11.8 Å². The van der Waals surface area contributed by atoms with Crippen LogP contribution in [0, 0.1) is 4.78 Å². The zero-order valence-corrected chi connectivity index (χ0v) is 13.1. The highest BCUT2D eigenvalue weighted by atomic mass is 32.2. The van der Waals surface area contributed by atoms with Crippen molar-refractivity contribution >= 4 is 22.5 Å². The van der Waals surface area contributed by atoms with Crippen molar-refractivity contribution in [2.45, 2.75) is 0 Å². The van der Waals surface area contributed by atoms with Crippen LogP contribution in [-0.4, -0.2) is 75.9 Å². The molecular formula is C12H25NO4S2. The van der Waals surface area contributed by atoms with Crippen molar-refractivity contribution < 1.29 is 18.9 Å². The average molecular weight is 311 g/mol. The molecule has 0 aliphatic carbocycles. The summed E-state index contributed by atoms with van der Waals surface area (Å²) in [6, 6.07) is 0. The zero-order valence-electron chi connectivity index (χ0n) is 11.4. The van der Waals surface area contributed by atoms with Gasteiger partial charge in [0.05, 0.1) is 52.9 Å². The van der Waals surface area contributed by atoms with Crippen LogP contribution in [0.25, 0.3) is 0 Å². The third kappa shape index (κ3) is 11.8. The van der Waals surface area contributed by atoms with Gasteiger partial charge in [0.2, 0.25) is 0 Å². The number of hydrogen-bond acceptors (Lipinski definition) is 6. The molecule has 1 N–H and O–H groups in total. The fourth-order valence-electron chi connectivity index (χ4n) is 1.40. The molecule has 0 radical (unpaired) electrons. The standard InChI is InChI=1S/C12H25NO4S2/c13-19-11-7-16-3-1-14-5-9-18-10-6-15-2-4-17-8-12-19/h13H,1-12H2. The number of nitrogens with one attached hydrogen (secondary N) is 1. The quantitative estimate of drug-likeness (QED) is 0.728. The van der Waals surface area contributed by atoms with Gasteiger partial charge in [0.15, 0.2) is 0 Å². The van der Waals surface area contributed by atoms with Gasteiger partial charge >= 0.3 is 0 Å². The summed E-state index contributed by atoms with van der Waals surface area (Å²) in [6.07, 6.45) is 0. The minimum absolute atomic E-state index is 0.360. The SMILES string of the molecule is N=S1CCOCCOCCSCCOCCOCC1. The summed E-state index contributed by atoms with van der Waals surface area (Å²) < 4.78 is 29.6. The predicted octanol–water partition coefficient (Wildman–Crippen LogP) is 1.18. The van der Waals surface area contributed by atoms with Gasteiger partial charge in [-0.05, 0) is 0 Å². The van der Waals surface area contributed by atoms with Crippen LogP contribution in [0.5, 0.6) is 0 Å². The van der Waals surface area contributed by atoms with Crippen molar-refractivity contribution in [3.8, 4) is 0 Å². The molecule has 5 nitrogen and oxygen atoms in total. The molecule has 1 fully saturated rings. The molecule has 7 heteroatoms. The molecule has 114 valence electrons. The van der Waals surface area contributed by atoms with E-state index >= 15 is 0 Å². The Morgan fingerprint density at radius 1 is 0.632 bits per heavy atom. The van der Waals surface area contributed by atoms with Gasteiger partial charge in [0.25, 0.3) is 0 Å². The van der Waals surface area contributed by atoms with Crippen molar-refractivity contribution in [1.82, 2.24) is 0 Å². The molecule has 0 aromatic carbocycles. The molecule has 0 atom stereocenters. The summed E-state index contributed by atoms with van der Waals surface area (Å²) in [7, 11) is -0.360. The Labute approximate surface area is 122 Å². The molecule has 0 saturated carbocycles. The lowest BCUT2D eigenvalue weighted by molar-refractivity contribution is 0.0579. The van der Waals surface area contributed by atoms with Gasteiger partial charge < -0.3 is 18.9 Å². The van der Waals surface area contributed by atoms with Crippen LogP contribution < -0.4 is 0 Å². The summed E-state index contributed by atoms with van der Waals surface area (Å²) in [5.74, 6) is 3.57. The van der Waals surface area contributed by atoms with Crippen molar-refractivity contribution in [3.05, 3.63) is 0 Å². The van der Waals surface area contributed by atoms with Gasteiger partial charge in [-0.3, -0.25) is 4.78 Å². The lowest BCUT2D eigenvalue weighted by Gasteiger charge is -2.09. The smallest absolute Gasteiger partial charge is 0.0700 e. The van der Waals surface area contributed by atoms with Crippen LogP contribution in [0.1, 0.15) is 0 Å². The second-order valence-electron chi connectivity index (χ2n) is 3.96. The Balaban J connectivity index is 2.10. The second-order valence-corrected chi connectivity index (χ2v) is 6.99. The highest BCUT2D eigenvalue weighted by molar-refractivity contribution is 7.99. The molecule has 0 aromatic heterocycles. The fourth-order valence-corrected chi connectivity index (χ4v) is 2.92. The fraction of sp³-hybridized carbons (Fsp3) is 1.00. The van der Waals surface area contributed by atoms with Crippen LogP contribution in [0.15, 0.2) is 0 Å². The van der Waals surface area contributed by atoms with Gasteiger partial charge in [0.1, 0.15) is 0 Å². The highest BCUT2D eigenvalue weighted by Gasteiger charge is 1.98.